The van der Waals surface area contributed by atoms with Gasteiger partial charge in [-0.25, -0.2) is 4.98 Å². The average Bonchev–Trinajstić information content (AvgIpc) is 2.13. The summed E-state index contributed by atoms with van der Waals surface area (Å²) in [7, 11) is 0. The number of nitrogens with zero attached hydrogens (tertiary/aromatic N) is 2. The molecule has 1 aromatic rings. The van der Waals surface area contributed by atoms with Gasteiger partial charge in [-0.2, -0.15) is 0 Å². The molecule has 1 aliphatic rings. The van der Waals surface area contributed by atoms with Crippen LogP contribution in [0.4, 0.5) is 5.82 Å². The summed E-state index contributed by atoms with van der Waals surface area (Å²) in [5, 5.41) is 0. The van der Waals surface area contributed by atoms with Crippen LogP contribution >= 0.6 is 15.9 Å². The van der Waals surface area contributed by atoms with Crippen molar-refractivity contribution in [1.82, 2.24) is 4.98 Å². The van der Waals surface area contributed by atoms with Gasteiger partial charge in [0.05, 0.1) is 5.54 Å². The van der Waals surface area contributed by atoms with Crippen LogP contribution in [0.15, 0.2) is 16.7 Å². The molecule has 3 nitrogen and oxygen atoms in total. The molecule has 0 atom stereocenters. The monoisotopic (exact) mass is 283 g/mol. The Bertz CT molecular complexity index is 397. The van der Waals surface area contributed by atoms with E-state index in [4.69, 9.17) is 5.73 Å². The molecule has 4 heteroatoms. The minimum Gasteiger partial charge on any atom is -0.353 e. The number of aromatic nitrogens is 1. The summed E-state index contributed by atoms with van der Waals surface area (Å²) in [6, 6.07) is 2.09. The first-order valence-electron chi connectivity index (χ1n) is 5.58. The van der Waals surface area contributed by atoms with Gasteiger partial charge in [-0.3, -0.25) is 0 Å². The molecular weight excluding hydrogens is 266 g/mol. The van der Waals surface area contributed by atoms with Crippen LogP contribution in [0.1, 0.15) is 19.4 Å². The summed E-state index contributed by atoms with van der Waals surface area (Å²) in [5.41, 5.74) is 7.43. The van der Waals surface area contributed by atoms with Crippen LogP contribution in [0.5, 0.6) is 0 Å². The lowest BCUT2D eigenvalue weighted by Gasteiger charge is -2.51. The van der Waals surface area contributed by atoms with Crippen LogP contribution in [-0.2, 0) is 0 Å². The fourth-order valence-corrected chi connectivity index (χ4v) is 2.49. The van der Waals surface area contributed by atoms with Crippen molar-refractivity contribution >= 4 is 21.7 Å². The maximum absolute atomic E-state index is 6.27. The van der Waals surface area contributed by atoms with Crippen molar-refractivity contribution in [3.63, 3.8) is 0 Å². The minimum absolute atomic E-state index is 0.0405. The summed E-state index contributed by atoms with van der Waals surface area (Å²) >= 11 is 3.43. The quantitative estimate of drug-likeness (QED) is 0.906. The molecule has 0 spiro atoms. The highest BCUT2D eigenvalue weighted by atomic mass is 79.9. The van der Waals surface area contributed by atoms with Gasteiger partial charge in [0.1, 0.15) is 5.82 Å². The maximum atomic E-state index is 6.27. The Balaban J connectivity index is 2.12. The molecule has 1 saturated heterocycles. The molecule has 0 aromatic carbocycles. The van der Waals surface area contributed by atoms with Crippen LogP contribution < -0.4 is 10.6 Å². The Labute approximate surface area is 105 Å². The lowest BCUT2D eigenvalue weighted by Crippen LogP contribution is -2.70. The zero-order valence-electron chi connectivity index (χ0n) is 10.00. The molecule has 2 heterocycles. The lowest BCUT2D eigenvalue weighted by atomic mass is 9.80. The first kappa shape index (κ1) is 11.9. The van der Waals surface area contributed by atoms with Gasteiger partial charge in [0, 0.05) is 23.8 Å². The summed E-state index contributed by atoms with van der Waals surface area (Å²) < 4.78 is 1.03. The van der Waals surface area contributed by atoms with E-state index in [2.05, 4.69) is 52.7 Å². The molecule has 2 rings (SSSR count). The molecule has 16 heavy (non-hydrogen) atoms. The van der Waals surface area contributed by atoms with E-state index in [-0.39, 0.29) is 5.54 Å². The smallest absolute Gasteiger partial charge is 0.131 e. The fraction of sp³-hybridized carbons (Fsp3) is 0.583. The van der Waals surface area contributed by atoms with Crippen LogP contribution in [-0.4, -0.2) is 23.6 Å². The average molecular weight is 284 g/mol. The van der Waals surface area contributed by atoms with E-state index >= 15 is 0 Å². The van der Waals surface area contributed by atoms with Gasteiger partial charge in [-0.1, -0.05) is 13.8 Å². The number of anilines is 1. The van der Waals surface area contributed by atoms with Crippen molar-refractivity contribution in [2.24, 2.45) is 11.7 Å². The van der Waals surface area contributed by atoms with Crippen LogP contribution in [0.2, 0.25) is 0 Å². The van der Waals surface area contributed by atoms with E-state index in [1.807, 2.05) is 6.20 Å². The second-order valence-corrected chi connectivity index (χ2v) is 5.95. The van der Waals surface area contributed by atoms with E-state index in [0.29, 0.717) is 5.92 Å². The third kappa shape index (κ3) is 1.96. The van der Waals surface area contributed by atoms with Gasteiger partial charge < -0.3 is 10.6 Å². The molecule has 0 saturated carbocycles. The Morgan fingerprint density at radius 2 is 2.12 bits per heavy atom. The van der Waals surface area contributed by atoms with Gasteiger partial charge in [0.2, 0.25) is 0 Å². The van der Waals surface area contributed by atoms with E-state index in [1.54, 1.807) is 0 Å². The maximum Gasteiger partial charge on any atom is 0.131 e. The zero-order chi connectivity index (χ0) is 11.9. The van der Waals surface area contributed by atoms with Crippen molar-refractivity contribution in [1.29, 1.82) is 0 Å². The third-order valence-electron chi connectivity index (χ3n) is 3.44. The number of nitrogens with two attached hydrogens (primary N) is 1. The van der Waals surface area contributed by atoms with Gasteiger partial charge >= 0.3 is 0 Å². The number of halogens is 1. The lowest BCUT2D eigenvalue weighted by molar-refractivity contribution is 0.243. The molecular formula is C12H18BrN3. The summed E-state index contributed by atoms with van der Waals surface area (Å²) in [5.74, 6) is 1.57. The molecule has 0 amide bonds. The van der Waals surface area contributed by atoms with E-state index in [1.165, 1.54) is 5.56 Å². The van der Waals surface area contributed by atoms with Crippen molar-refractivity contribution in [2.75, 3.05) is 18.0 Å². The van der Waals surface area contributed by atoms with Crippen molar-refractivity contribution < 1.29 is 0 Å². The van der Waals surface area contributed by atoms with Crippen LogP contribution in [0.3, 0.4) is 0 Å². The minimum atomic E-state index is -0.0405. The van der Waals surface area contributed by atoms with E-state index in [9.17, 15) is 0 Å². The SMILES string of the molecule is Cc1cc(Br)cnc1N1CC(N)(C(C)C)C1. The summed E-state index contributed by atoms with van der Waals surface area (Å²) in [4.78, 5) is 6.70. The van der Waals surface area contributed by atoms with E-state index < -0.39 is 0 Å². The molecule has 88 valence electrons. The second-order valence-electron chi connectivity index (χ2n) is 5.04. The summed E-state index contributed by atoms with van der Waals surface area (Å²) in [6.07, 6.45) is 1.84. The first-order valence-corrected chi connectivity index (χ1v) is 6.38. The van der Waals surface area contributed by atoms with Crippen molar-refractivity contribution in [3.05, 3.63) is 22.3 Å². The number of pyridine rings is 1. The molecule has 0 bridgehead atoms. The number of aryl methyl sites for hydroxylation is 1. The summed E-state index contributed by atoms with van der Waals surface area (Å²) in [6.45, 7) is 8.25. The standard InChI is InChI=1S/C12H18BrN3/c1-8(2)12(14)6-16(7-12)11-9(3)4-10(13)5-15-11/h4-5,8H,6-7,14H2,1-3H3. The highest BCUT2D eigenvalue weighted by Crippen LogP contribution is 2.32. The van der Waals surface area contributed by atoms with E-state index in [0.717, 1.165) is 23.4 Å². The van der Waals surface area contributed by atoms with Gasteiger partial charge in [-0.05, 0) is 40.4 Å². The van der Waals surface area contributed by atoms with Gasteiger partial charge in [0.15, 0.2) is 0 Å². The van der Waals surface area contributed by atoms with Crippen LogP contribution in [0.25, 0.3) is 0 Å². The first-order chi connectivity index (χ1) is 7.42. The molecule has 1 fully saturated rings. The Morgan fingerprint density at radius 3 is 2.62 bits per heavy atom. The largest absolute Gasteiger partial charge is 0.353 e. The highest BCUT2D eigenvalue weighted by Gasteiger charge is 2.42. The Hall–Kier alpha value is -0.610. The third-order valence-corrected chi connectivity index (χ3v) is 3.87. The number of hydrogen-bond donors (Lipinski definition) is 1. The Kier molecular flexibility index (Phi) is 2.97. The Morgan fingerprint density at radius 1 is 1.50 bits per heavy atom. The van der Waals surface area contributed by atoms with Crippen LogP contribution in [0, 0.1) is 12.8 Å². The molecule has 0 unspecified atom stereocenters. The number of hydrogen-bond acceptors (Lipinski definition) is 3. The number of rotatable bonds is 2. The second kappa shape index (κ2) is 4.00. The zero-order valence-corrected chi connectivity index (χ0v) is 11.6. The van der Waals surface area contributed by atoms with Gasteiger partial charge in [0.25, 0.3) is 0 Å². The highest BCUT2D eigenvalue weighted by molar-refractivity contribution is 9.10. The normalized spacial score (nSPS) is 18.8. The topological polar surface area (TPSA) is 42.2 Å². The molecule has 0 aliphatic carbocycles. The fourth-order valence-electron chi connectivity index (χ4n) is 2.04. The molecule has 1 aromatic heterocycles. The predicted molar refractivity (Wildman–Crippen MR) is 70.6 cm³/mol. The van der Waals surface area contributed by atoms with Crippen molar-refractivity contribution in [2.45, 2.75) is 26.3 Å². The predicted octanol–water partition coefficient (Wildman–Crippen LogP) is 2.33. The molecule has 0 radical (unpaired) electrons. The van der Waals surface area contributed by atoms with Crippen molar-refractivity contribution in [3.8, 4) is 0 Å². The van der Waals surface area contributed by atoms with Gasteiger partial charge in [-0.15, -0.1) is 0 Å². The molecule has 1 aliphatic heterocycles. The molecule has 2 N–H and O–H groups in total.